The third kappa shape index (κ3) is 6.37. The summed E-state index contributed by atoms with van der Waals surface area (Å²) in [5.41, 5.74) is -4.31. The van der Waals surface area contributed by atoms with E-state index < -0.39 is 27.7 Å². The third-order valence-corrected chi connectivity index (χ3v) is 4.60. The number of aryl methyl sites for hydroxylation is 1. The number of rotatable bonds is 8. The Balaban J connectivity index is 2.08. The van der Waals surface area contributed by atoms with Gasteiger partial charge in [0.25, 0.3) is 0 Å². The summed E-state index contributed by atoms with van der Waals surface area (Å²) < 4.78 is 69.5. The maximum atomic E-state index is 12.6. The van der Waals surface area contributed by atoms with E-state index in [1.165, 1.54) is 0 Å². The van der Waals surface area contributed by atoms with E-state index in [0.29, 0.717) is 11.1 Å². The lowest BCUT2D eigenvalue weighted by Gasteiger charge is -2.17. The summed E-state index contributed by atoms with van der Waals surface area (Å²) in [6, 6.07) is 17.0. The van der Waals surface area contributed by atoms with Crippen molar-refractivity contribution < 1.29 is 35.3 Å². The fraction of sp³-hybridized carbons (Fsp3) is 0.278. The monoisotopic (exact) mass is 402 g/mol. The highest BCUT2D eigenvalue weighted by Crippen LogP contribution is 2.27. The van der Waals surface area contributed by atoms with E-state index in [1.54, 1.807) is 60.7 Å². The first kappa shape index (κ1) is 20.9. The van der Waals surface area contributed by atoms with Crippen LogP contribution in [0.5, 0.6) is 0 Å². The van der Waals surface area contributed by atoms with Crippen LogP contribution < -0.4 is 0 Å². The van der Waals surface area contributed by atoms with Gasteiger partial charge in [-0.25, -0.2) is 8.98 Å². The van der Waals surface area contributed by atoms with Crippen molar-refractivity contribution in [2.75, 3.05) is 0 Å². The first-order valence-electron chi connectivity index (χ1n) is 7.93. The Morgan fingerprint density at radius 2 is 1.44 bits per heavy atom. The molecule has 9 heteroatoms. The van der Waals surface area contributed by atoms with Gasteiger partial charge in [-0.05, 0) is 24.0 Å². The molecule has 5 nitrogen and oxygen atoms in total. The molecule has 0 fully saturated rings. The summed E-state index contributed by atoms with van der Waals surface area (Å²) in [4.78, 5) is 12.2. The zero-order chi connectivity index (χ0) is 19.9. The Bertz CT molecular complexity index is 836. The number of carbonyl (C=O) groups excluding carboxylic acids is 1. The number of alkyl halides is 3. The molecular formula is C18H17F3O5S. The predicted molar refractivity (Wildman–Crippen MR) is 90.8 cm³/mol. The van der Waals surface area contributed by atoms with E-state index in [9.17, 15) is 26.4 Å². The fourth-order valence-electron chi connectivity index (χ4n) is 2.18. The van der Waals surface area contributed by atoms with Crippen LogP contribution in [0.1, 0.15) is 17.5 Å². The SMILES string of the molecule is O=C(OCc1ccccc1)[C@@H](CCc1ccccc1)OS(=O)(=O)C(F)(F)F. The quantitative estimate of drug-likeness (QED) is 0.383. The lowest BCUT2D eigenvalue weighted by Crippen LogP contribution is -2.35. The minimum absolute atomic E-state index is 0.138. The van der Waals surface area contributed by atoms with Gasteiger partial charge in [0.1, 0.15) is 6.61 Å². The van der Waals surface area contributed by atoms with E-state index in [1.807, 2.05) is 0 Å². The van der Waals surface area contributed by atoms with Gasteiger partial charge in [0.05, 0.1) is 0 Å². The molecule has 2 rings (SSSR count). The Morgan fingerprint density at radius 3 is 1.96 bits per heavy atom. The number of halogens is 3. The number of hydrogen-bond acceptors (Lipinski definition) is 5. The third-order valence-electron chi connectivity index (χ3n) is 3.55. The summed E-state index contributed by atoms with van der Waals surface area (Å²) in [6.45, 7) is -0.211. The topological polar surface area (TPSA) is 69.7 Å². The van der Waals surface area contributed by atoms with Crippen LogP contribution in [0.4, 0.5) is 13.2 Å². The summed E-state index contributed by atoms with van der Waals surface area (Å²) in [6.07, 6.45) is -2.05. The molecule has 27 heavy (non-hydrogen) atoms. The molecule has 2 aromatic carbocycles. The molecule has 0 spiro atoms. The lowest BCUT2D eigenvalue weighted by atomic mass is 10.1. The number of esters is 1. The van der Waals surface area contributed by atoms with Gasteiger partial charge < -0.3 is 4.74 Å². The van der Waals surface area contributed by atoms with Crippen LogP contribution in [0.15, 0.2) is 60.7 Å². The van der Waals surface area contributed by atoms with Gasteiger partial charge in [-0.1, -0.05) is 60.7 Å². The first-order chi connectivity index (χ1) is 12.7. The van der Waals surface area contributed by atoms with Crippen molar-refractivity contribution in [1.82, 2.24) is 0 Å². The minimum Gasteiger partial charge on any atom is -0.459 e. The zero-order valence-electron chi connectivity index (χ0n) is 14.1. The van der Waals surface area contributed by atoms with Gasteiger partial charge in [-0.3, -0.25) is 0 Å². The van der Waals surface area contributed by atoms with Crippen molar-refractivity contribution in [1.29, 1.82) is 0 Å². The molecule has 1 atom stereocenters. The number of carbonyl (C=O) groups is 1. The van der Waals surface area contributed by atoms with Gasteiger partial charge in [0.15, 0.2) is 6.10 Å². The molecular weight excluding hydrogens is 385 g/mol. The minimum atomic E-state index is -5.93. The maximum absolute atomic E-state index is 12.6. The Hall–Kier alpha value is -2.39. The molecule has 0 bridgehead atoms. The highest BCUT2D eigenvalue weighted by molar-refractivity contribution is 7.87. The van der Waals surface area contributed by atoms with Crippen molar-refractivity contribution in [2.45, 2.75) is 31.1 Å². The van der Waals surface area contributed by atoms with E-state index >= 15 is 0 Å². The second-order valence-electron chi connectivity index (χ2n) is 5.60. The number of benzene rings is 2. The summed E-state index contributed by atoms with van der Waals surface area (Å²) in [5.74, 6) is -1.18. The molecule has 0 aliphatic rings. The molecule has 0 aromatic heterocycles. The van der Waals surface area contributed by atoms with Crippen LogP contribution >= 0.6 is 0 Å². The second kappa shape index (κ2) is 9.01. The molecule has 0 unspecified atom stereocenters. The summed E-state index contributed by atoms with van der Waals surface area (Å²) >= 11 is 0. The predicted octanol–water partition coefficient (Wildman–Crippen LogP) is 3.60. The maximum Gasteiger partial charge on any atom is 0.523 e. The van der Waals surface area contributed by atoms with E-state index in [4.69, 9.17) is 4.74 Å². The molecule has 0 saturated heterocycles. The van der Waals surface area contributed by atoms with Crippen molar-refractivity contribution in [3.63, 3.8) is 0 Å². The molecule has 0 N–H and O–H groups in total. The molecule has 0 saturated carbocycles. The van der Waals surface area contributed by atoms with Crippen LogP contribution in [0.2, 0.25) is 0 Å². The Morgan fingerprint density at radius 1 is 0.926 bits per heavy atom. The number of ether oxygens (including phenoxy) is 1. The van der Waals surface area contributed by atoms with Crippen LogP contribution in [-0.2, 0) is 36.9 Å². The van der Waals surface area contributed by atoms with Crippen molar-refractivity contribution >= 4 is 16.1 Å². The van der Waals surface area contributed by atoms with Gasteiger partial charge in [-0.2, -0.15) is 21.6 Å². The molecule has 0 radical (unpaired) electrons. The van der Waals surface area contributed by atoms with Crippen LogP contribution in [0.3, 0.4) is 0 Å². The Labute approximate surface area is 154 Å². The van der Waals surface area contributed by atoms with E-state index in [2.05, 4.69) is 4.18 Å². The first-order valence-corrected chi connectivity index (χ1v) is 9.34. The lowest BCUT2D eigenvalue weighted by molar-refractivity contribution is -0.154. The van der Waals surface area contributed by atoms with Crippen molar-refractivity contribution in [2.24, 2.45) is 0 Å². The van der Waals surface area contributed by atoms with Gasteiger partial charge in [0.2, 0.25) is 0 Å². The highest BCUT2D eigenvalue weighted by atomic mass is 32.2. The van der Waals surface area contributed by atoms with Crippen molar-refractivity contribution in [3.05, 3.63) is 71.8 Å². The van der Waals surface area contributed by atoms with Crippen LogP contribution in [0.25, 0.3) is 0 Å². The second-order valence-corrected chi connectivity index (χ2v) is 7.17. The molecule has 0 amide bonds. The van der Waals surface area contributed by atoms with E-state index in [-0.39, 0.29) is 19.4 Å². The molecule has 0 heterocycles. The normalized spacial score (nSPS) is 13.1. The average Bonchev–Trinajstić information content (AvgIpc) is 2.64. The largest absolute Gasteiger partial charge is 0.523 e. The van der Waals surface area contributed by atoms with Crippen molar-refractivity contribution in [3.8, 4) is 0 Å². The molecule has 0 aliphatic carbocycles. The molecule has 146 valence electrons. The zero-order valence-corrected chi connectivity index (χ0v) is 14.9. The highest BCUT2D eigenvalue weighted by Gasteiger charge is 2.49. The smallest absolute Gasteiger partial charge is 0.459 e. The standard InChI is InChI=1S/C18H17F3O5S/c19-18(20,21)27(23,24)26-16(12-11-14-7-3-1-4-8-14)17(22)25-13-15-9-5-2-6-10-15/h1-10,16H,11-13H2/t16-/m1/s1. The molecule has 2 aromatic rings. The average molecular weight is 402 g/mol. The summed E-state index contributed by atoms with van der Waals surface area (Å²) in [5, 5.41) is 0. The Kier molecular flexibility index (Phi) is 6.98. The summed E-state index contributed by atoms with van der Waals surface area (Å²) in [7, 11) is -5.93. The van der Waals surface area contributed by atoms with Crippen LogP contribution in [-0.4, -0.2) is 26.0 Å². The van der Waals surface area contributed by atoms with Crippen LogP contribution in [0, 0.1) is 0 Å². The van der Waals surface area contributed by atoms with Gasteiger partial charge >= 0.3 is 21.6 Å². The molecule has 0 aliphatic heterocycles. The van der Waals surface area contributed by atoms with Gasteiger partial charge in [0, 0.05) is 0 Å². The number of hydrogen-bond donors (Lipinski definition) is 0. The van der Waals surface area contributed by atoms with Gasteiger partial charge in [-0.15, -0.1) is 0 Å². The fourth-order valence-corrected chi connectivity index (χ4v) is 2.77. The van der Waals surface area contributed by atoms with E-state index in [0.717, 1.165) is 0 Å².